The SMILES string of the molecule is Cc1cc(C(=O)NC(C2CCNCC2)C2CC(O)C2)ccc1Cl. The lowest BCUT2D eigenvalue weighted by molar-refractivity contribution is 0.00919. The largest absolute Gasteiger partial charge is 0.393 e. The Morgan fingerprint density at radius 3 is 2.61 bits per heavy atom. The van der Waals surface area contributed by atoms with Crippen LogP contribution in [0.15, 0.2) is 18.2 Å². The van der Waals surface area contributed by atoms with Gasteiger partial charge in [0.25, 0.3) is 5.91 Å². The average Bonchev–Trinajstić information content (AvgIpc) is 2.53. The van der Waals surface area contributed by atoms with Gasteiger partial charge in [0.05, 0.1) is 6.10 Å². The molecule has 1 aromatic carbocycles. The van der Waals surface area contributed by atoms with Gasteiger partial charge in [0, 0.05) is 16.6 Å². The van der Waals surface area contributed by atoms with Crippen LogP contribution >= 0.6 is 11.6 Å². The molecule has 1 heterocycles. The van der Waals surface area contributed by atoms with Gasteiger partial charge in [-0.1, -0.05) is 11.6 Å². The molecule has 2 fully saturated rings. The molecular weight excluding hydrogens is 312 g/mol. The van der Waals surface area contributed by atoms with Crippen LogP contribution in [0.2, 0.25) is 5.02 Å². The van der Waals surface area contributed by atoms with E-state index in [1.54, 1.807) is 12.1 Å². The summed E-state index contributed by atoms with van der Waals surface area (Å²) in [5, 5.41) is 16.9. The zero-order chi connectivity index (χ0) is 16.4. The van der Waals surface area contributed by atoms with E-state index in [2.05, 4.69) is 10.6 Å². The molecule has 1 amide bonds. The van der Waals surface area contributed by atoms with Crippen LogP contribution in [-0.4, -0.2) is 36.2 Å². The van der Waals surface area contributed by atoms with E-state index in [9.17, 15) is 9.90 Å². The monoisotopic (exact) mass is 336 g/mol. The smallest absolute Gasteiger partial charge is 0.251 e. The third-order valence-corrected chi connectivity index (χ3v) is 5.69. The Balaban J connectivity index is 1.71. The second-order valence-corrected chi connectivity index (χ2v) is 7.34. The number of aryl methyl sites for hydroxylation is 1. The maximum atomic E-state index is 12.7. The summed E-state index contributed by atoms with van der Waals surface area (Å²) in [7, 11) is 0. The number of piperidine rings is 1. The Bertz CT molecular complexity index is 566. The van der Waals surface area contributed by atoms with Crippen molar-refractivity contribution in [3.8, 4) is 0 Å². The normalized spacial score (nSPS) is 26.4. The molecule has 1 unspecified atom stereocenters. The zero-order valence-electron chi connectivity index (χ0n) is 13.5. The molecule has 2 aliphatic rings. The predicted octanol–water partition coefficient (Wildman–Crippen LogP) is 2.52. The van der Waals surface area contributed by atoms with Crippen molar-refractivity contribution in [3.63, 3.8) is 0 Å². The number of hydrogen-bond donors (Lipinski definition) is 3. The van der Waals surface area contributed by atoms with Crippen LogP contribution in [-0.2, 0) is 0 Å². The van der Waals surface area contributed by atoms with Crippen molar-refractivity contribution in [1.29, 1.82) is 0 Å². The topological polar surface area (TPSA) is 61.4 Å². The van der Waals surface area contributed by atoms with E-state index < -0.39 is 0 Å². The maximum Gasteiger partial charge on any atom is 0.251 e. The second-order valence-electron chi connectivity index (χ2n) is 6.94. The van der Waals surface area contributed by atoms with Gasteiger partial charge in [-0.15, -0.1) is 0 Å². The van der Waals surface area contributed by atoms with E-state index in [-0.39, 0.29) is 18.1 Å². The first kappa shape index (κ1) is 16.7. The maximum absolute atomic E-state index is 12.7. The van der Waals surface area contributed by atoms with E-state index in [4.69, 9.17) is 11.6 Å². The minimum atomic E-state index is -0.195. The van der Waals surface area contributed by atoms with Gasteiger partial charge in [-0.3, -0.25) is 4.79 Å². The predicted molar refractivity (Wildman–Crippen MR) is 91.8 cm³/mol. The standard InChI is InChI=1S/C18H25ClN2O2/c1-11-8-13(2-3-16(11)19)18(23)21-17(14-9-15(22)10-14)12-4-6-20-7-5-12/h2-3,8,12,14-15,17,20,22H,4-7,9-10H2,1H3,(H,21,23). The molecule has 3 rings (SSSR count). The van der Waals surface area contributed by atoms with Crippen LogP contribution in [0.1, 0.15) is 41.6 Å². The van der Waals surface area contributed by atoms with Gasteiger partial charge in [-0.2, -0.15) is 0 Å². The molecule has 0 aromatic heterocycles. The molecule has 1 atom stereocenters. The first-order chi connectivity index (χ1) is 11.0. The molecule has 1 aromatic rings. The molecule has 1 aliphatic heterocycles. The fraction of sp³-hybridized carbons (Fsp3) is 0.611. The molecule has 5 heteroatoms. The Morgan fingerprint density at radius 1 is 1.30 bits per heavy atom. The highest BCUT2D eigenvalue weighted by Crippen LogP contribution is 2.36. The van der Waals surface area contributed by atoms with Crippen molar-refractivity contribution in [1.82, 2.24) is 10.6 Å². The van der Waals surface area contributed by atoms with Gasteiger partial charge in [0.1, 0.15) is 0 Å². The molecule has 0 radical (unpaired) electrons. The van der Waals surface area contributed by atoms with Crippen molar-refractivity contribution in [3.05, 3.63) is 34.3 Å². The summed E-state index contributed by atoms with van der Waals surface area (Å²) in [4.78, 5) is 12.7. The summed E-state index contributed by atoms with van der Waals surface area (Å²) in [6.07, 6.45) is 3.57. The minimum absolute atomic E-state index is 0.0327. The molecule has 1 saturated heterocycles. The molecule has 23 heavy (non-hydrogen) atoms. The summed E-state index contributed by atoms with van der Waals surface area (Å²) in [6.45, 7) is 3.92. The van der Waals surface area contributed by atoms with Crippen molar-refractivity contribution < 1.29 is 9.90 Å². The molecule has 1 aliphatic carbocycles. The van der Waals surface area contributed by atoms with Crippen LogP contribution < -0.4 is 10.6 Å². The van der Waals surface area contributed by atoms with Crippen molar-refractivity contribution in [2.24, 2.45) is 11.8 Å². The third kappa shape index (κ3) is 3.87. The molecule has 4 nitrogen and oxygen atoms in total. The number of amides is 1. The van der Waals surface area contributed by atoms with Gasteiger partial charge in [-0.05, 0) is 81.3 Å². The summed E-state index contributed by atoms with van der Waals surface area (Å²) >= 11 is 6.04. The van der Waals surface area contributed by atoms with Crippen molar-refractivity contribution in [2.45, 2.75) is 44.8 Å². The first-order valence-corrected chi connectivity index (χ1v) is 8.88. The zero-order valence-corrected chi connectivity index (χ0v) is 14.3. The van der Waals surface area contributed by atoms with Crippen LogP contribution in [0, 0.1) is 18.8 Å². The lowest BCUT2D eigenvalue weighted by Crippen LogP contribution is -2.52. The molecule has 1 saturated carbocycles. The Hall–Kier alpha value is -1.10. The highest BCUT2D eigenvalue weighted by molar-refractivity contribution is 6.31. The second kappa shape index (κ2) is 7.20. The summed E-state index contributed by atoms with van der Waals surface area (Å²) in [5.41, 5.74) is 1.57. The molecule has 126 valence electrons. The molecule has 0 spiro atoms. The Morgan fingerprint density at radius 2 is 2.00 bits per heavy atom. The molecule has 0 bridgehead atoms. The number of aliphatic hydroxyl groups excluding tert-OH is 1. The minimum Gasteiger partial charge on any atom is -0.393 e. The van der Waals surface area contributed by atoms with E-state index in [0.717, 1.165) is 44.3 Å². The number of aliphatic hydroxyl groups is 1. The van der Waals surface area contributed by atoms with Crippen LogP contribution in [0.4, 0.5) is 0 Å². The van der Waals surface area contributed by atoms with Crippen molar-refractivity contribution >= 4 is 17.5 Å². The number of carbonyl (C=O) groups is 1. The summed E-state index contributed by atoms with van der Waals surface area (Å²) in [5.74, 6) is 0.853. The fourth-order valence-electron chi connectivity index (χ4n) is 3.77. The molecular formula is C18H25ClN2O2. The highest BCUT2D eigenvalue weighted by atomic mass is 35.5. The number of carbonyl (C=O) groups excluding carboxylic acids is 1. The van der Waals surface area contributed by atoms with Crippen LogP contribution in [0.25, 0.3) is 0 Å². The first-order valence-electron chi connectivity index (χ1n) is 8.50. The molecule has 3 N–H and O–H groups in total. The average molecular weight is 337 g/mol. The van der Waals surface area contributed by atoms with Gasteiger partial charge < -0.3 is 15.7 Å². The van der Waals surface area contributed by atoms with Crippen molar-refractivity contribution in [2.75, 3.05) is 13.1 Å². The van der Waals surface area contributed by atoms with E-state index in [1.807, 2.05) is 13.0 Å². The van der Waals surface area contributed by atoms with Gasteiger partial charge in [0.2, 0.25) is 0 Å². The third-order valence-electron chi connectivity index (χ3n) is 5.27. The van der Waals surface area contributed by atoms with E-state index in [0.29, 0.717) is 22.4 Å². The Kier molecular flexibility index (Phi) is 5.24. The number of halogens is 1. The number of nitrogens with one attached hydrogen (secondary N) is 2. The highest BCUT2D eigenvalue weighted by Gasteiger charge is 2.39. The lowest BCUT2D eigenvalue weighted by atomic mass is 9.71. The van der Waals surface area contributed by atoms with E-state index in [1.165, 1.54) is 0 Å². The summed E-state index contributed by atoms with van der Waals surface area (Å²) < 4.78 is 0. The Labute approximate surface area is 142 Å². The quantitative estimate of drug-likeness (QED) is 0.791. The lowest BCUT2D eigenvalue weighted by Gasteiger charge is -2.43. The van der Waals surface area contributed by atoms with Gasteiger partial charge in [0.15, 0.2) is 0 Å². The number of benzene rings is 1. The fourth-order valence-corrected chi connectivity index (χ4v) is 3.89. The van der Waals surface area contributed by atoms with Crippen LogP contribution in [0.5, 0.6) is 0 Å². The number of hydrogen-bond acceptors (Lipinski definition) is 3. The van der Waals surface area contributed by atoms with E-state index >= 15 is 0 Å². The van der Waals surface area contributed by atoms with Gasteiger partial charge in [-0.25, -0.2) is 0 Å². The number of rotatable bonds is 4. The summed E-state index contributed by atoms with van der Waals surface area (Å²) in [6, 6.07) is 5.55. The van der Waals surface area contributed by atoms with Crippen LogP contribution in [0.3, 0.4) is 0 Å². The van der Waals surface area contributed by atoms with Gasteiger partial charge >= 0.3 is 0 Å².